The molecule has 0 aliphatic heterocycles. The van der Waals surface area contributed by atoms with Crippen LogP contribution in [0.1, 0.15) is 11.1 Å². The van der Waals surface area contributed by atoms with E-state index in [0.717, 1.165) is 6.08 Å². The summed E-state index contributed by atoms with van der Waals surface area (Å²) in [6, 6.07) is 5.94. The standard InChI is InChI=1S/C9H6N2O3S/c1-7-2-3-8(5-10)4-9(7)15(13,14)11-6-12/h2-4H,1H3. The van der Waals surface area contributed by atoms with Gasteiger partial charge in [-0.2, -0.15) is 13.7 Å². The number of aryl methyl sites for hydroxylation is 1. The van der Waals surface area contributed by atoms with Gasteiger partial charge in [-0.3, -0.25) is 0 Å². The second-order valence-corrected chi connectivity index (χ2v) is 4.32. The number of isocyanates is 1. The lowest BCUT2D eigenvalue weighted by Crippen LogP contribution is -1.99. The summed E-state index contributed by atoms with van der Waals surface area (Å²) in [5, 5.41) is 8.60. The van der Waals surface area contributed by atoms with Gasteiger partial charge < -0.3 is 0 Å². The minimum Gasteiger partial charge on any atom is -0.210 e. The fourth-order valence-electron chi connectivity index (χ4n) is 1.05. The van der Waals surface area contributed by atoms with Crippen LogP contribution < -0.4 is 0 Å². The maximum absolute atomic E-state index is 11.4. The SMILES string of the molecule is Cc1ccc(C#N)cc1S(=O)(=O)N=C=O. The summed E-state index contributed by atoms with van der Waals surface area (Å²) in [4.78, 5) is 9.78. The predicted molar refractivity (Wildman–Crippen MR) is 51.2 cm³/mol. The summed E-state index contributed by atoms with van der Waals surface area (Å²) in [6.07, 6.45) is 0.975. The van der Waals surface area contributed by atoms with Gasteiger partial charge in [0.25, 0.3) is 16.1 Å². The van der Waals surface area contributed by atoms with E-state index in [0.29, 0.717) is 5.56 Å². The molecule has 0 aliphatic rings. The second-order valence-electron chi connectivity index (χ2n) is 2.75. The van der Waals surface area contributed by atoms with Crippen LogP contribution in [0, 0.1) is 18.3 Å². The van der Waals surface area contributed by atoms with Crippen molar-refractivity contribution in [2.45, 2.75) is 11.8 Å². The highest BCUT2D eigenvalue weighted by Crippen LogP contribution is 2.18. The Labute approximate surface area is 86.7 Å². The Bertz CT molecular complexity index is 578. The van der Waals surface area contributed by atoms with Crippen molar-refractivity contribution in [3.63, 3.8) is 0 Å². The Kier molecular flexibility index (Phi) is 3.00. The Morgan fingerprint density at radius 2 is 2.07 bits per heavy atom. The molecule has 0 saturated heterocycles. The van der Waals surface area contributed by atoms with E-state index in [1.54, 1.807) is 13.0 Å². The molecule has 5 nitrogen and oxygen atoms in total. The molecular weight excluding hydrogens is 216 g/mol. The number of nitrogens with zero attached hydrogens (tertiary/aromatic N) is 2. The van der Waals surface area contributed by atoms with E-state index in [9.17, 15) is 13.2 Å². The lowest BCUT2D eigenvalue weighted by atomic mass is 10.2. The van der Waals surface area contributed by atoms with Gasteiger partial charge in [0, 0.05) is 0 Å². The highest BCUT2D eigenvalue weighted by molar-refractivity contribution is 7.90. The van der Waals surface area contributed by atoms with Crippen molar-refractivity contribution in [2.24, 2.45) is 4.40 Å². The molecular formula is C9H6N2O3S. The third kappa shape index (κ3) is 2.29. The van der Waals surface area contributed by atoms with E-state index in [1.807, 2.05) is 0 Å². The Morgan fingerprint density at radius 3 is 2.60 bits per heavy atom. The topological polar surface area (TPSA) is 87.4 Å². The van der Waals surface area contributed by atoms with Crippen LogP contribution in [0.2, 0.25) is 0 Å². The first-order valence-corrected chi connectivity index (χ1v) is 5.30. The number of nitriles is 1. The smallest absolute Gasteiger partial charge is 0.210 e. The molecule has 0 spiro atoms. The monoisotopic (exact) mass is 222 g/mol. The van der Waals surface area contributed by atoms with Crippen LogP contribution in [-0.2, 0) is 14.8 Å². The first-order valence-electron chi connectivity index (χ1n) is 3.86. The zero-order valence-electron chi connectivity index (χ0n) is 7.76. The summed E-state index contributed by atoms with van der Waals surface area (Å²) < 4.78 is 25.5. The molecule has 1 aromatic carbocycles. The van der Waals surface area contributed by atoms with Crippen molar-refractivity contribution >= 4 is 16.1 Å². The third-order valence-corrected chi connectivity index (χ3v) is 3.06. The van der Waals surface area contributed by atoms with Gasteiger partial charge in [0.1, 0.15) is 0 Å². The Morgan fingerprint density at radius 1 is 1.40 bits per heavy atom. The average molecular weight is 222 g/mol. The van der Waals surface area contributed by atoms with E-state index in [2.05, 4.69) is 4.40 Å². The molecule has 76 valence electrons. The first kappa shape index (κ1) is 11.1. The minimum atomic E-state index is -4.02. The van der Waals surface area contributed by atoms with E-state index in [4.69, 9.17) is 5.26 Å². The summed E-state index contributed by atoms with van der Waals surface area (Å²) in [5.41, 5.74) is 0.619. The predicted octanol–water partition coefficient (Wildman–Crippen LogP) is 0.891. The van der Waals surface area contributed by atoms with E-state index >= 15 is 0 Å². The van der Waals surface area contributed by atoms with Crippen molar-refractivity contribution in [3.8, 4) is 6.07 Å². The molecule has 0 aliphatic carbocycles. The van der Waals surface area contributed by atoms with E-state index < -0.39 is 10.0 Å². The zero-order valence-corrected chi connectivity index (χ0v) is 8.58. The number of rotatable bonds is 2. The maximum Gasteiger partial charge on any atom is 0.292 e. The van der Waals surface area contributed by atoms with Crippen molar-refractivity contribution in [1.82, 2.24) is 0 Å². The van der Waals surface area contributed by atoms with Gasteiger partial charge in [0.2, 0.25) is 0 Å². The Hall–Kier alpha value is -1.96. The molecule has 0 aromatic heterocycles. The lowest BCUT2D eigenvalue weighted by Gasteiger charge is -2.01. The van der Waals surface area contributed by atoms with Crippen LogP contribution >= 0.6 is 0 Å². The number of hydrogen-bond acceptors (Lipinski definition) is 4. The summed E-state index contributed by atoms with van der Waals surface area (Å²) in [6.45, 7) is 1.55. The minimum absolute atomic E-state index is 0.148. The lowest BCUT2D eigenvalue weighted by molar-refractivity contribution is 0.563. The Balaban J connectivity index is 3.51. The normalized spacial score (nSPS) is 10.1. The number of sulfonamides is 1. The van der Waals surface area contributed by atoms with Crippen LogP contribution in [0.25, 0.3) is 0 Å². The van der Waals surface area contributed by atoms with Crippen LogP contribution in [0.15, 0.2) is 27.5 Å². The quantitative estimate of drug-likeness (QED) is 0.549. The summed E-state index contributed by atoms with van der Waals surface area (Å²) in [7, 11) is -4.02. The molecule has 0 radical (unpaired) electrons. The molecule has 0 N–H and O–H groups in total. The van der Waals surface area contributed by atoms with Crippen molar-refractivity contribution in [2.75, 3.05) is 0 Å². The van der Waals surface area contributed by atoms with Gasteiger partial charge in [-0.05, 0) is 24.6 Å². The molecule has 0 atom stereocenters. The van der Waals surface area contributed by atoms with Crippen molar-refractivity contribution < 1.29 is 13.2 Å². The molecule has 6 heteroatoms. The van der Waals surface area contributed by atoms with Crippen molar-refractivity contribution in [3.05, 3.63) is 29.3 Å². The van der Waals surface area contributed by atoms with Gasteiger partial charge in [-0.1, -0.05) is 10.5 Å². The number of carbonyl (C=O) groups excluding carboxylic acids is 1. The highest BCUT2D eigenvalue weighted by atomic mass is 32.2. The van der Waals surface area contributed by atoms with Gasteiger partial charge in [-0.15, -0.1) is 0 Å². The summed E-state index contributed by atoms with van der Waals surface area (Å²) >= 11 is 0. The average Bonchev–Trinajstić information content (AvgIpc) is 2.18. The maximum atomic E-state index is 11.4. The number of benzene rings is 1. The second kappa shape index (κ2) is 4.05. The van der Waals surface area contributed by atoms with Crippen LogP contribution in [0.4, 0.5) is 0 Å². The molecule has 15 heavy (non-hydrogen) atoms. The molecule has 0 saturated carbocycles. The van der Waals surface area contributed by atoms with Gasteiger partial charge in [-0.25, -0.2) is 4.79 Å². The first-order chi connectivity index (χ1) is 7.01. The molecule has 0 fully saturated rings. The van der Waals surface area contributed by atoms with E-state index in [-0.39, 0.29) is 10.5 Å². The fourth-order valence-corrected chi connectivity index (χ4v) is 1.99. The van der Waals surface area contributed by atoms with Crippen LogP contribution in [0.5, 0.6) is 0 Å². The number of hydrogen-bond donors (Lipinski definition) is 0. The van der Waals surface area contributed by atoms with Crippen molar-refractivity contribution in [1.29, 1.82) is 5.26 Å². The third-order valence-electron chi connectivity index (χ3n) is 1.75. The molecule has 1 aromatic rings. The molecule has 0 unspecified atom stereocenters. The fraction of sp³-hybridized carbons (Fsp3) is 0.111. The van der Waals surface area contributed by atoms with Crippen LogP contribution in [-0.4, -0.2) is 14.5 Å². The largest absolute Gasteiger partial charge is 0.292 e. The molecule has 0 bridgehead atoms. The van der Waals surface area contributed by atoms with Gasteiger partial charge in [0.15, 0.2) is 0 Å². The molecule has 0 heterocycles. The van der Waals surface area contributed by atoms with Gasteiger partial charge >= 0.3 is 0 Å². The van der Waals surface area contributed by atoms with Crippen LogP contribution in [0.3, 0.4) is 0 Å². The zero-order chi connectivity index (χ0) is 11.5. The van der Waals surface area contributed by atoms with E-state index in [1.165, 1.54) is 18.2 Å². The van der Waals surface area contributed by atoms with Gasteiger partial charge in [0.05, 0.1) is 16.5 Å². The molecule has 1 rings (SSSR count). The molecule has 0 amide bonds. The highest BCUT2D eigenvalue weighted by Gasteiger charge is 2.16. The summed E-state index contributed by atoms with van der Waals surface area (Å²) in [5.74, 6) is 0.